The summed E-state index contributed by atoms with van der Waals surface area (Å²) in [6, 6.07) is 19.3. The standard InChI is InChI=1S/C20H25N3O2/c21-12-7-13-23(16-18-10-5-2-6-11-18)20(25)15-22-19(24)14-17-8-3-1-4-9-17/h1-6,8-11H,7,12-16,21H2,(H,22,24). The highest BCUT2D eigenvalue weighted by atomic mass is 16.2. The number of hydrogen-bond donors (Lipinski definition) is 2. The summed E-state index contributed by atoms with van der Waals surface area (Å²) < 4.78 is 0. The molecule has 2 aromatic carbocycles. The summed E-state index contributed by atoms with van der Waals surface area (Å²) in [5.74, 6) is -0.253. The van der Waals surface area contributed by atoms with Crippen molar-refractivity contribution in [3.8, 4) is 0 Å². The highest BCUT2D eigenvalue weighted by molar-refractivity contribution is 5.85. The quantitative estimate of drug-likeness (QED) is 0.730. The van der Waals surface area contributed by atoms with Crippen LogP contribution in [-0.2, 0) is 22.6 Å². The van der Waals surface area contributed by atoms with Crippen molar-refractivity contribution in [3.05, 3.63) is 71.8 Å². The molecule has 0 unspecified atom stereocenters. The normalized spacial score (nSPS) is 10.3. The second-order valence-electron chi connectivity index (χ2n) is 5.88. The minimum Gasteiger partial charge on any atom is -0.347 e. The van der Waals surface area contributed by atoms with Crippen LogP contribution in [0.5, 0.6) is 0 Å². The fourth-order valence-electron chi connectivity index (χ4n) is 2.51. The second kappa shape index (κ2) is 10.3. The van der Waals surface area contributed by atoms with Crippen molar-refractivity contribution in [2.45, 2.75) is 19.4 Å². The minimum atomic E-state index is -0.155. The Balaban J connectivity index is 1.86. The van der Waals surface area contributed by atoms with Crippen LogP contribution in [0.3, 0.4) is 0 Å². The molecule has 0 heterocycles. The summed E-state index contributed by atoms with van der Waals surface area (Å²) in [5.41, 5.74) is 7.56. The van der Waals surface area contributed by atoms with E-state index in [1.807, 2.05) is 60.7 Å². The largest absolute Gasteiger partial charge is 0.347 e. The van der Waals surface area contributed by atoms with Crippen LogP contribution in [0.4, 0.5) is 0 Å². The first kappa shape index (κ1) is 18.7. The molecule has 0 aliphatic heterocycles. The summed E-state index contributed by atoms with van der Waals surface area (Å²) >= 11 is 0. The lowest BCUT2D eigenvalue weighted by Crippen LogP contribution is -2.41. The molecule has 5 heteroatoms. The molecule has 0 aliphatic rings. The lowest BCUT2D eigenvalue weighted by atomic mass is 10.1. The van der Waals surface area contributed by atoms with Gasteiger partial charge in [0.25, 0.3) is 0 Å². The maximum atomic E-state index is 12.5. The monoisotopic (exact) mass is 339 g/mol. The lowest BCUT2D eigenvalue weighted by molar-refractivity contribution is -0.133. The van der Waals surface area contributed by atoms with Crippen LogP contribution >= 0.6 is 0 Å². The van der Waals surface area contributed by atoms with Gasteiger partial charge in [0.05, 0.1) is 13.0 Å². The van der Waals surface area contributed by atoms with Gasteiger partial charge in [0.2, 0.25) is 11.8 Å². The number of hydrogen-bond acceptors (Lipinski definition) is 3. The minimum absolute atomic E-state index is 0.00305. The molecule has 0 bridgehead atoms. The molecule has 5 nitrogen and oxygen atoms in total. The van der Waals surface area contributed by atoms with Crippen LogP contribution in [0.2, 0.25) is 0 Å². The SMILES string of the molecule is NCCCN(Cc1ccccc1)C(=O)CNC(=O)Cc1ccccc1. The van der Waals surface area contributed by atoms with Crippen molar-refractivity contribution in [2.24, 2.45) is 5.73 Å². The van der Waals surface area contributed by atoms with Gasteiger partial charge in [0.1, 0.15) is 0 Å². The first-order chi connectivity index (χ1) is 12.2. The smallest absolute Gasteiger partial charge is 0.242 e. The topological polar surface area (TPSA) is 75.4 Å². The summed E-state index contributed by atoms with van der Waals surface area (Å²) in [6.45, 7) is 1.63. The van der Waals surface area contributed by atoms with Gasteiger partial charge >= 0.3 is 0 Å². The maximum absolute atomic E-state index is 12.5. The third-order valence-corrected chi connectivity index (χ3v) is 3.85. The van der Waals surface area contributed by atoms with Crippen LogP contribution in [0.15, 0.2) is 60.7 Å². The highest BCUT2D eigenvalue weighted by Crippen LogP contribution is 2.05. The molecule has 0 saturated heterocycles. The number of carbonyl (C=O) groups excluding carboxylic acids is 2. The Hall–Kier alpha value is -2.66. The molecular weight excluding hydrogens is 314 g/mol. The highest BCUT2D eigenvalue weighted by Gasteiger charge is 2.14. The van der Waals surface area contributed by atoms with Crippen molar-refractivity contribution >= 4 is 11.8 Å². The Bertz CT molecular complexity index is 659. The van der Waals surface area contributed by atoms with Crippen LogP contribution in [0.25, 0.3) is 0 Å². The first-order valence-corrected chi connectivity index (χ1v) is 8.51. The van der Waals surface area contributed by atoms with E-state index in [-0.39, 0.29) is 24.8 Å². The number of nitrogens with one attached hydrogen (secondary N) is 1. The van der Waals surface area contributed by atoms with Crippen molar-refractivity contribution < 1.29 is 9.59 Å². The second-order valence-corrected chi connectivity index (χ2v) is 5.88. The number of amides is 2. The van der Waals surface area contributed by atoms with E-state index in [4.69, 9.17) is 5.73 Å². The van der Waals surface area contributed by atoms with Crippen molar-refractivity contribution in [3.63, 3.8) is 0 Å². The summed E-state index contributed by atoms with van der Waals surface area (Å²) in [7, 11) is 0. The van der Waals surface area contributed by atoms with Crippen LogP contribution in [0, 0.1) is 0 Å². The fraction of sp³-hybridized carbons (Fsp3) is 0.300. The molecule has 0 spiro atoms. The summed E-state index contributed by atoms with van der Waals surface area (Å²) in [6.07, 6.45) is 1.01. The molecule has 0 aromatic heterocycles. The Morgan fingerprint density at radius 3 is 2.12 bits per heavy atom. The molecule has 0 atom stereocenters. The zero-order valence-electron chi connectivity index (χ0n) is 14.4. The summed E-state index contributed by atoms with van der Waals surface area (Å²) in [5, 5.41) is 2.71. The third kappa shape index (κ3) is 6.77. The molecule has 25 heavy (non-hydrogen) atoms. The van der Waals surface area contributed by atoms with Gasteiger partial charge in [-0.15, -0.1) is 0 Å². The predicted octanol–water partition coefficient (Wildman–Crippen LogP) is 1.72. The lowest BCUT2D eigenvalue weighted by Gasteiger charge is -2.23. The number of carbonyl (C=O) groups is 2. The van der Waals surface area contributed by atoms with Crippen molar-refractivity contribution in [1.29, 1.82) is 0 Å². The molecule has 0 fully saturated rings. The van der Waals surface area contributed by atoms with E-state index in [0.717, 1.165) is 17.5 Å². The van der Waals surface area contributed by atoms with Crippen LogP contribution in [0.1, 0.15) is 17.5 Å². The molecule has 3 N–H and O–H groups in total. The van der Waals surface area contributed by atoms with E-state index in [1.54, 1.807) is 4.90 Å². The molecule has 0 aliphatic carbocycles. The molecule has 0 saturated carbocycles. The Kier molecular flexibility index (Phi) is 7.66. The predicted molar refractivity (Wildman–Crippen MR) is 98.7 cm³/mol. The van der Waals surface area contributed by atoms with Gasteiger partial charge in [0, 0.05) is 13.1 Å². The average Bonchev–Trinajstić information content (AvgIpc) is 2.65. The fourth-order valence-corrected chi connectivity index (χ4v) is 2.51. The number of rotatable bonds is 9. The molecule has 132 valence electrons. The van der Waals surface area contributed by atoms with Gasteiger partial charge < -0.3 is 16.0 Å². The van der Waals surface area contributed by atoms with E-state index in [1.165, 1.54) is 0 Å². The molecular formula is C20H25N3O2. The molecule has 2 amide bonds. The van der Waals surface area contributed by atoms with Crippen molar-refractivity contribution in [2.75, 3.05) is 19.6 Å². The molecule has 2 rings (SSSR count). The van der Waals surface area contributed by atoms with E-state index in [2.05, 4.69) is 5.32 Å². The molecule has 0 radical (unpaired) electrons. The van der Waals surface area contributed by atoms with Crippen LogP contribution in [-0.4, -0.2) is 36.3 Å². The third-order valence-electron chi connectivity index (χ3n) is 3.85. The van der Waals surface area contributed by atoms with Crippen LogP contribution < -0.4 is 11.1 Å². The van der Waals surface area contributed by atoms with Gasteiger partial charge in [-0.3, -0.25) is 9.59 Å². The first-order valence-electron chi connectivity index (χ1n) is 8.51. The zero-order valence-corrected chi connectivity index (χ0v) is 14.4. The number of nitrogens with zero attached hydrogens (tertiary/aromatic N) is 1. The summed E-state index contributed by atoms with van der Waals surface area (Å²) in [4.78, 5) is 26.2. The van der Waals surface area contributed by atoms with E-state index >= 15 is 0 Å². The van der Waals surface area contributed by atoms with Gasteiger partial charge in [0.15, 0.2) is 0 Å². The zero-order chi connectivity index (χ0) is 17.9. The molecule has 2 aromatic rings. The maximum Gasteiger partial charge on any atom is 0.242 e. The van der Waals surface area contributed by atoms with E-state index < -0.39 is 0 Å². The van der Waals surface area contributed by atoms with E-state index in [0.29, 0.717) is 19.6 Å². The van der Waals surface area contributed by atoms with Gasteiger partial charge in [-0.05, 0) is 24.1 Å². The number of nitrogens with two attached hydrogens (primary N) is 1. The Morgan fingerprint density at radius 2 is 1.52 bits per heavy atom. The van der Waals surface area contributed by atoms with Gasteiger partial charge in [-0.1, -0.05) is 60.7 Å². The Labute approximate surface area is 148 Å². The van der Waals surface area contributed by atoms with Gasteiger partial charge in [-0.25, -0.2) is 0 Å². The average molecular weight is 339 g/mol. The van der Waals surface area contributed by atoms with Gasteiger partial charge in [-0.2, -0.15) is 0 Å². The Morgan fingerprint density at radius 1 is 0.920 bits per heavy atom. The van der Waals surface area contributed by atoms with E-state index in [9.17, 15) is 9.59 Å². The number of benzene rings is 2. The van der Waals surface area contributed by atoms with Crippen molar-refractivity contribution in [1.82, 2.24) is 10.2 Å².